The predicted octanol–water partition coefficient (Wildman–Crippen LogP) is 1.15. The third-order valence-corrected chi connectivity index (χ3v) is 3.22. The number of anilines is 1. The average Bonchev–Trinajstić information content (AvgIpc) is 2.74. The first-order valence-electron chi connectivity index (χ1n) is 6.63. The predicted molar refractivity (Wildman–Crippen MR) is 72.6 cm³/mol. The van der Waals surface area contributed by atoms with Crippen molar-refractivity contribution in [3.8, 4) is 5.75 Å². The van der Waals surface area contributed by atoms with Gasteiger partial charge in [0.15, 0.2) is 18.2 Å². The molecule has 2 rings (SSSR count). The van der Waals surface area contributed by atoms with E-state index in [1.807, 2.05) is 4.90 Å². The van der Waals surface area contributed by atoms with Crippen molar-refractivity contribution in [2.24, 2.45) is 5.84 Å². The molecule has 1 aromatic rings. The number of carbonyl (C=O) groups is 1. The van der Waals surface area contributed by atoms with Gasteiger partial charge >= 0.3 is 0 Å². The average molecular weight is 264 g/mol. The van der Waals surface area contributed by atoms with Crippen molar-refractivity contribution in [3.05, 3.63) is 18.3 Å². The van der Waals surface area contributed by atoms with Gasteiger partial charge in [-0.3, -0.25) is 4.79 Å². The second kappa shape index (κ2) is 6.94. The number of carbonyl (C=O) groups excluding carboxylic acids is 1. The van der Waals surface area contributed by atoms with E-state index in [2.05, 4.69) is 10.4 Å². The number of aromatic nitrogens is 1. The third kappa shape index (κ3) is 3.82. The van der Waals surface area contributed by atoms with Crippen LogP contribution in [0.5, 0.6) is 5.75 Å². The fourth-order valence-electron chi connectivity index (χ4n) is 2.17. The van der Waals surface area contributed by atoms with Gasteiger partial charge in [-0.1, -0.05) is 12.8 Å². The van der Waals surface area contributed by atoms with E-state index in [9.17, 15) is 4.79 Å². The van der Waals surface area contributed by atoms with Crippen molar-refractivity contribution < 1.29 is 9.53 Å². The van der Waals surface area contributed by atoms with E-state index in [-0.39, 0.29) is 12.5 Å². The molecule has 0 saturated carbocycles. The lowest BCUT2D eigenvalue weighted by molar-refractivity contribution is -0.133. The van der Waals surface area contributed by atoms with Crippen LogP contribution in [0.4, 0.5) is 5.82 Å². The molecule has 1 aliphatic heterocycles. The number of pyridine rings is 1. The van der Waals surface area contributed by atoms with Crippen molar-refractivity contribution >= 4 is 11.7 Å². The maximum Gasteiger partial charge on any atom is 0.260 e. The highest BCUT2D eigenvalue weighted by atomic mass is 16.5. The minimum atomic E-state index is 0.0220. The molecule has 2 heterocycles. The molecule has 1 aromatic heterocycles. The van der Waals surface area contributed by atoms with E-state index < -0.39 is 0 Å². The number of likely N-dealkylation sites (tertiary alicyclic amines) is 1. The van der Waals surface area contributed by atoms with Crippen LogP contribution in [0.3, 0.4) is 0 Å². The van der Waals surface area contributed by atoms with Gasteiger partial charge in [-0.2, -0.15) is 0 Å². The number of nitrogen functional groups attached to an aromatic ring is 1. The maximum atomic E-state index is 12.1. The Balaban J connectivity index is 1.88. The summed E-state index contributed by atoms with van der Waals surface area (Å²) in [6.07, 6.45) is 6.17. The van der Waals surface area contributed by atoms with E-state index in [0.29, 0.717) is 11.6 Å². The van der Waals surface area contributed by atoms with Crippen molar-refractivity contribution in [1.82, 2.24) is 9.88 Å². The monoisotopic (exact) mass is 264 g/mol. The number of nitrogens with zero attached hydrogens (tertiary/aromatic N) is 2. The lowest BCUT2D eigenvalue weighted by Crippen LogP contribution is -2.35. The van der Waals surface area contributed by atoms with E-state index >= 15 is 0 Å². The first kappa shape index (κ1) is 13.6. The zero-order chi connectivity index (χ0) is 13.5. The molecule has 6 heteroatoms. The highest BCUT2D eigenvalue weighted by Gasteiger charge is 2.16. The topological polar surface area (TPSA) is 80.5 Å². The first-order chi connectivity index (χ1) is 9.31. The van der Waals surface area contributed by atoms with Gasteiger partial charge in [0.25, 0.3) is 5.91 Å². The molecule has 0 spiro atoms. The van der Waals surface area contributed by atoms with Crippen molar-refractivity contribution in [3.63, 3.8) is 0 Å². The molecular formula is C13H20N4O2. The fourth-order valence-corrected chi connectivity index (χ4v) is 2.17. The van der Waals surface area contributed by atoms with Gasteiger partial charge in [0.2, 0.25) is 0 Å². The highest BCUT2D eigenvalue weighted by molar-refractivity contribution is 5.78. The van der Waals surface area contributed by atoms with Gasteiger partial charge in [-0.25, -0.2) is 10.8 Å². The Kier molecular flexibility index (Phi) is 4.97. The number of hydrogen-bond acceptors (Lipinski definition) is 5. The highest BCUT2D eigenvalue weighted by Crippen LogP contribution is 2.19. The quantitative estimate of drug-likeness (QED) is 0.630. The second-order valence-electron chi connectivity index (χ2n) is 4.58. The molecule has 3 N–H and O–H groups in total. The van der Waals surface area contributed by atoms with E-state index in [4.69, 9.17) is 10.6 Å². The van der Waals surface area contributed by atoms with Crippen molar-refractivity contribution in [2.45, 2.75) is 25.7 Å². The maximum absolute atomic E-state index is 12.1. The minimum absolute atomic E-state index is 0.0220. The molecule has 6 nitrogen and oxygen atoms in total. The van der Waals surface area contributed by atoms with Crippen molar-refractivity contribution in [2.75, 3.05) is 25.1 Å². The standard InChI is InChI=1S/C13H20N4O2/c14-16-13-11(6-5-7-15-13)19-10-12(18)17-8-3-1-2-4-9-17/h5-7H,1-4,8-10,14H2,(H,15,16). The minimum Gasteiger partial charge on any atom is -0.480 e. The summed E-state index contributed by atoms with van der Waals surface area (Å²) in [5.74, 6) is 6.28. The second-order valence-corrected chi connectivity index (χ2v) is 4.58. The summed E-state index contributed by atoms with van der Waals surface area (Å²) < 4.78 is 5.49. The van der Waals surface area contributed by atoms with E-state index in [1.54, 1.807) is 18.3 Å². The number of rotatable bonds is 4. The Morgan fingerprint density at radius 2 is 2.11 bits per heavy atom. The van der Waals surface area contributed by atoms with Gasteiger partial charge in [-0.15, -0.1) is 0 Å². The van der Waals surface area contributed by atoms with Crippen LogP contribution in [0.25, 0.3) is 0 Å². The lowest BCUT2D eigenvalue weighted by atomic mass is 10.2. The zero-order valence-corrected chi connectivity index (χ0v) is 11.0. The molecule has 104 valence electrons. The number of hydrogen-bond donors (Lipinski definition) is 2. The summed E-state index contributed by atoms with van der Waals surface area (Å²) in [6, 6.07) is 3.48. The van der Waals surface area contributed by atoms with Crippen LogP contribution in [0, 0.1) is 0 Å². The molecule has 1 fully saturated rings. The van der Waals surface area contributed by atoms with Crippen LogP contribution in [-0.4, -0.2) is 35.5 Å². The van der Waals surface area contributed by atoms with Crippen molar-refractivity contribution in [1.29, 1.82) is 0 Å². The van der Waals surface area contributed by atoms with Gasteiger partial charge in [-0.05, 0) is 25.0 Å². The summed E-state index contributed by atoms with van der Waals surface area (Å²) in [5, 5.41) is 0. The van der Waals surface area contributed by atoms with Gasteiger partial charge in [0, 0.05) is 19.3 Å². The molecule has 0 unspecified atom stereocenters. The van der Waals surface area contributed by atoms with E-state index in [0.717, 1.165) is 25.9 Å². The third-order valence-electron chi connectivity index (χ3n) is 3.22. The molecule has 0 aliphatic carbocycles. The molecule has 0 aromatic carbocycles. The lowest BCUT2D eigenvalue weighted by Gasteiger charge is -2.20. The molecule has 1 saturated heterocycles. The Morgan fingerprint density at radius 1 is 1.37 bits per heavy atom. The largest absolute Gasteiger partial charge is 0.480 e. The SMILES string of the molecule is NNc1ncccc1OCC(=O)N1CCCCCC1. The van der Waals surface area contributed by atoms with Crippen LogP contribution in [0.2, 0.25) is 0 Å². The normalized spacial score (nSPS) is 15.7. The molecular weight excluding hydrogens is 244 g/mol. The first-order valence-corrected chi connectivity index (χ1v) is 6.63. The molecule has 0 atom stereocenters. The van der Waals surface area contributed by atoms with Crippen LogP contribution in [-0.2, 0) is 4.79 Å². The Morgan fingerprint density at radius 3 is 2.79 bits per heavy atom. The van der Waals surface area contributed by atoms with Gasteiger partial charge in [0.05, 0.1) is 0 Å². The zero-order valence-electron chi connectivity index (χ0n) is 11.0. The fraction of sp³-hybridized carbons (Fsp3) is 0.538. The summed E-state index contributed by atoms with van der Waals surface area (Å²) >= 11 is 0. The van der Waals surface area contributed by atoms with Gasteiger partial charge in [0.1, 0.15) is 0 Å². The molecule has 1 amide bonds. The Bertz CT molecular complexity index is 417. The summed E-state index contributed by atoms with van der Waals surface area (Å²) in [5.41, 5.74) is 2.45. The van der Waals surface area contributed by atoms with Crippen LogP contribution >= 0.6 is 0 Å². The summed E-state index contributed by atoms with van der Waals surface area (Å²) in [7, 11) is 0. The molecule has 0 bridgehead atoms. The number of nitrogens with one attached hydrogen (secondary N) is 1. The molecule has 1 aliphatic rings. The summed E-state index contributed by atoms with van der Waals surface area (Å²) in [6.45, 7) is 1.69. The summed E-state index contributed by atoms with van der Waals surface area (Å²) in [4.78, 5) is 17.9. The number of ether oxygens (including phenoxy) is 1. The van der Waals surface area contributed by atoms with Gasteiger partial charge < -0.3 is 15.1 Å². The molecule has 19 heavy (non-hydrogen) atoms. The number of nitrogens with two attached hydrogens (primary N) is 1. The van der Waals surface area contributed by atoms with Crippen LogP contribution in [0.1, 0.15) is 25.7 Å². The Hall–Kier alpha value is -1.82. The molecule has 0 radical (unpaired) electrons. The Labute approximate surface area is 112 Å². The number of amides is 1. The number of hydrazine groups is 1. The van der Waals surface area contributed by atoms with E-state index in [1.165, 1.54) is 12.8 Å². The van der Waals surface area contributed by atoms with Crippen LogP contribution in [0.15, 0.2) is 18.3 Å². The van der Waals surface area contributed by atoms with Crippen LogP contribution < -0.4 is 16.0 Å². The smallest absolute Gasteiger partial charge is 0.260 e.